The normalized spacial score (nSPS) is 12.8. The van der Waals surface area contributed by atoms with Gasteiger partial charge in [-0.2, -0.15) is 0 Å². The molecule has 9 heteroatoms. The van der Waals surface area contributed by atoms with Crippen LogP contribution in [0.25, 0.3) is 0 Å². The minimum absolute atomic E-state index is 0.133. The average molecular weight is 366 g/mol. The second kappa shape index (κ2) is 9.50. The van der Waals surface area contributed by atoms with Gasteiger partial charge in [0.2, 0.25) is 5.91 Å². The van der Waals surface area contributed by atoms with Crippen LogP contribution < -0.4 is 5.32 Å². The van der Waals surface area contributed by atoms with Crippen molar-refractivity contribution in [1.82, 2.24) is 5.32 Å². The van der Waals surface area contributed by atoms with E-state index in [1.807, 2.05) is 0 Å². The Morgan fingerprint density at radius 2 is 1.69 bits per heavy atom. The standard InChI is InChI=1S/C17H22N2O7/c1-10(2)16(21)18-15(17(22)26-4)13(9-14(20)25-3)11-5-7-12(8-6-11)19(23)24/h5-8,10,13,15H,9H2,1-4H3,(H,18,21)/t13-,15-/m0/s1. The van der Waals surface area contributed by atoms with Crippen molar-refractivity contribution in [2.24, 2.45) is 5.92 Å². The molecule has 0 unspecified atom stereocenters. The Morgan fingerprint density at radius 1 is 1.12 bits per heavy atom. The van der Waals surface area contributed by atoms with Crippen molar-refractivity contribution in [2.75, 3.05) is 14.2 Å². The third kappa shape index (κ3) is 5.54. The van der Waals surface area contributed by atoms with E-state index in [1.165, 1.54) is 38.5 Å². The molecule has 1 N–H and O–H groups in total. The monoisotopic (exact) mass is 366 g/mol. The third-order valence-corrected chi connectivity index (χ3v) is 3.83. The van der Waals surface area contributed by atoms with Gasteiger partial charge >= 0.3 is 11.9 Å². The van der Waals surface area contributed by atoms with Gasteiger partial charge in [-0.3, -0.25) is 19.7 Å². The largest absolute Gasteiger partial charge is 0.469 e. The molecule has 0 aliphatic carbocycles. The molecule has 1 rings (SSSR count). The van der Waals surface area contributed by atoms with Gasteiger partial charge < -0.3 is 14.8 Å². The van der Waals surface area contributed by atoms with Crippen LogP contribution in [0.1, 0.15) is 31.7 Å². The van der Waals surface area contributed by atoms with Crippen molar-refractivity contribution in [3.05, 3.63) is 39.9 Å². The lowest BCUT2D eigenvalue weighted by Gasteiger charge is -2.26. The number of nitrogens with zero attached hydrogens (tertiary/aromatic N) is 1. The zero-order valence-corrected chi connectivity index (χ0v) is 15.1. The quantitative estimate of drug-likeness (QED) is 0.420. The van der Waals surface area contributed by atoms with Crippen molar-refractivity contribution < 1.29 is 28.8 Å². The molecule has 0 saturated carbocycles. The highest BCUT2D eigenvalue weighted by Crippen LogP contribution is 2.27. The number of hydrogen-bond acceptors (Lipinski definition) is 7. The molecule has 0 heterocycles. The van der Waals surface area contributed by atoms with Gasteiger partial charge in [0.15, 0.2) is 0 Å². The molecule has 2 atom stereocenters. The molecule has 1 aromatic rings. The Labute approximate surface area is 150 Å². The molecule has 1 aromatic carbocycles. The fraction of sp³-hybridized carbons (Fsp3) is 0.471. The van der Waals surface area contributed by atoms with Crippen LogP contribution in [-0.2, 0) is 23.9 Å². The van der Waals surface area contributed by atoms with Crippen LogP contribution >= 0.6 is 0 Å². The lowest BCUT2D eigenvalue weighted by Crippen LogP contribution is -2.47. The summed E-state index contributed by atoms with van der Waals surface area (Å²) in [4.78, 5) is 46.4. The Balaban J connectivity index is 3.29. The number of hydrogen-bond donors (Lipinski definition) is 1. The van der Waals surface area contributed by atoms with Crippen LogP contribution in [0.4, 0.5) is 5.69 Å². The summed E-state index contributed by atoms with van der Waals surface area (Å²) in [5, 5.41) is 13.4. The Morgan fingerprint density at radius 3 is 2.12 bits per heavy atom. The summed E-state index contributed by atoms with van der Waals surface area (Å²) in [7, 11) is 2.37. The first-order chi connectivity index (χ1) is 12.2. The summed E-state index contributed by atoms with van der Waals surface area (Å²) >= 11 is 0. The van der Waals surface area contributed by atoms with Gasteiger partial charge in [0.25, 0.3) is 5.69 Å². The number of nitro groups is 1. The SMILES string of the molecule is COC(=O)C[C@@H](c1ccc([N+](=O)[O-])cc1)[C@H](NC(=O)C(C)C)C(=O)OC. The minimum atomic E-state index is -1.14. The van der Waals surface area contributed by atoms with Crippen molar-refractivity contribution in [3.8, 4) is 0 Å². The summed E-state index contributed by atoms with van der Waals surface area (Å²) in [5.74, 6) is -2.92. The summed E-state index contributed by atoms with van der Waals surface area (Å²) < 4.78 is 9.43. The maximum Gasteiger partial charge on any atom is 0.329 e. The minimum Gasteiger partial charge on any atom is -0.469 e. The predicted octanol–water partition coefficient (Wildman–Crippen LogP) is 1.56. The van der Waals surface area contributed by atoms with E-state index in [4.69, 9.17) is 4.74 Å². The molecule has 0 spiro atoms. The number of carbonyl (C=O) groups excluding carboxylic acids is 3. The highest BCUT2D eigenvalue weighted by Gasteiger charge is 2.34. The maximum atomic E-state index is 12.2. The van der Waals surface area contributed by atoms with Crippen LogP contribution in [-0.4, -0.2) is 43.0 Å². The van der Waals surface area contributed by atoms with Crippen molar-refractivity contribution in [1.29, 1.82) is 0 Å². The number of nitrogens with one attached hydrogen (secondary N) is 1. The van der Waals surface area contributed by atoms with E-state index in [0.717, 1.165) is 0 Å². The predicted molar refractivity (Wildman–Crippen MR) is 91.3 cm³/mol. The second-order valence-electron chi connectivity index (χ2n) is 5.90. The van der Waals surface area contributed by atoms with E-state index in [9.17, 15) is 24.5 Å². The Kier molecular flexibility index (Phi) is 7.70. The lowest BCUT2D eigenvalue weighted by atomic mass is 9.88. The van der Waals surface area contributed by atoms with Gasteiger partial charge in [0.1, 0.15) is 6.04 Å². The summed E-state index contributed by atoms with van der Waals surface area (Å²) in [6.07, 6.45) is -0.216. The number of carbonyl (C=O) groups is 3. The van der Waals surface area contributed by atoms with Gasteiger partial charge in [-0.15, -0.1) is 0 Å². The average Bonchev–Trinajstić information content (AvgIpc) is 2.63. The molecule has 26 heavy (non-hydrogen) atoms. The van der Waals surface area contributed by atoms with E-state index < -0.39 is 40.6 Å². The number of nitro benzene ring substituents is 1. The smallest absolute Gasteiger partial charge is 0.329 e. The van der Waals surface area contributed by atoms with Crippen molar-refractivity contribution in [3.63, 3.8) is 0 Å². The van der Waals surface area contributed by atoms with E-state index in [1.54, 1.807) is 13.8 Å². The second-order valence-corrected chi connectivity index (χ2v) is 5.90. The zero-order chi connectivity index (χ0) is 19.9. The number of esters is 2. The molecule has 0 fully saturated rings. The van der Waals surface area contributed by atoms with Crippen LogP contribution in [0.5, 0.6) is 0 Å². The molecule has 0 saturated heterocycles. The lowest BCUT2D eigenvalue weighted by molar-refractivity contribution is -0.384. The van der Waals surface area contributed by atoms with Crippen molar-refractivity contribution >= 4 is 23.5 Å². The summed E-state index contributed by atoms with van der Waals surface area (Å²) in [6, 6.07) is 4.25. The molecule has 9 nitrogen and oxygen atoms in total. The number of rotatable bonds is 8. The fourth-order valence-electron chi connectivity index (χ4n) is 2.30. The van der Waals surface area contributed by atoms with Crippen LogP contribution in [0.3, 0.4) is 0 Å². The molecule has 0 aromatic heterocycles. The summed E-state index contributed by atoms with van der Waals surface area (Å²) in [6.45, 7) is 3.32. The highest BCUT2D eigenvalue weighted by atomic mass is 16.6. The van der Waals surface area contributed by atoms with Crippen molar-refractivity contribution in [2.45, 2.75) is 32.2 Å². The molecular weight excluding hydrogens is 344 g/mol. The van der Waals surface area contributed by atoms with E-state index in [2.05, 4.69) is 10.1 Å². The first-order valence-corrected chi connectivity index (χ1v) is 7.90. The first-order valence-electron chi connectivity index (χ1n) is 7.90. The summed E-state index contributed by atoms with van der Waals surface area (Å²) in [5.41, 5.74) is 0.326. The number of methoxy groups -OCH3 is 2. The van der Waals surface area contributed by atoms with Gasteiger partial charge in [0.05, 0.1) is 25.6 Å². The number of benzene rings is 1. The van der Waals surface area contributed by atoms with Crippen LogP contribution in [0.15, 0.2) is 24.3 Å². The first kappa shape index (κ1) is 21.1. The maximum absolute atomic E-state index is 12.2. The van der Waals surface area contributed by atoms with Gasteiger partial charge in [-0.25, -0.2) is 4.79 Å². The molecular formula is C17H22N2O7. The molecule has 1 amide bonds. The topological polar surface area (TPSA) is 125 Å². The van der Waals surface area contributed by atoms with E-state index in [0.29, 0.717) is 5.56 Å². The van der Waals surface area contributed by atoms with Crippen LogP contribution in [0, 0.1) is 16.0 Å². The van der Waals surface area contributed by atoms with Gasteiger partial charge in [-0.05, 0) is 5.56 Å². The molecule has 0 aliphatic rings. The number of non-ortho nitro benzene ring substituents is 1. The van der Waals surface area contributed by atoms with Gasteiger partial charge in [-0.1, -0.05) is 26.0 Å². The third-order valence-electron chi connectivity index (χ3n) is 3.83. The Bertz CT molecular complexity index is 670. The molecule has 0 radical (unpaired) electrons. The zero-order valence-electron chi connectivity index (χ0n) is 15.1. The number of amides is 1. The molecule has 0 aliphatic heterocycles. The van der Waals surface area contributed by atoms with E-state index in [-0.39, 0.29) is 12.1 Å². The van der Waals surface area contributed by atoms with E-state index >= 15 is 0 Å². The highest BCUT2D eigenvalue weighted by molar-refractivity contribution is 5.87. The molecule has 0 bridgehead atoms. The van der Waals surface area contributed by atoms with Crippen LogP contribution in [0.2, 0.25) is 0 Å². The fourth-order valence-corrected chi connectivity index (χ4v) is 2.30. The Hall–Kier alpha value is -2.97. The van der Waals surface area contributed by atoms with Gasteiger partial charge in [0, 0.05) is 24.0 Å². The number of ether oxygens (including phenoxy) is 2. The molecule has 142 valence electrons.